The quantitative estimate of drug-likeness (QED) is 0.364. The first-order valence-corrected chi connectivity index (χ1v) is 11.9. The van der Waals surface area contributed by atoms with Crippen molar-refractivity contribution in [1.29, 1.82) is 0 Å². The summed E-state index contributed by atoms with van der Waals surface area (Å²) >= 11 is 0. The van der Waals surface area contributed by atoms with Gasteiger partial charge in [-0.05, 0) is 52.9 Å². The number of aryl methyl sites for hydroxylation is 1. The van der Waals surface area contributed by atoms with E-state index in [1.54, 1.807) is 24.0 Å². The second-order valence-corrected chi connectivity index (χ2v) is 8.90. The molecule has 2 heterocycles. The van der Waals surface area contributed by atoms with Crippen LogP contribution in [0.2, 0.25) is 0 Å². The van der Waals surface area contributed by atoms with Gasteiger partial charge in [-0.3, -0.25) is 14.3 Å². The van der Waals surface area contributed by atoms with E-state index in [2.05, 4.69) is 41.4 Å². The zero-order chi connectivity index (χ0) is 24.2. The molecule has 2 N–H and O–H groups in total. The van der Waals surface area contributed by atoms with Gasteiger partial charge in [-0.15, -0.1) is 0 Å². The topological polar surface area (TPSA) is 73.8 Å². The molecule has 2 aromatic heterocycles. The third-order valence-electron chi connectivity index (χ3n) is 6.45. The molecule has 0 aliphatic rings. The number of nitrogens with two attached hydrogens (primary N) is 1. The number of rotatable bonds is 7. The summed E-state index contributed by atoms with van der Waals surface area (Å²) in [5.41, 5.74) is 10.6. The largest absolute Gasteiger partial charge is 0.327 e. The fraction of sp³-hybridized carbons (Fsp3) is 0.167. The van der Waals surface area contributed by atoms with Crippen LogP contribution < -0.4 is 11.3 Å². The number of nitrogens with zero attached hydrogens (tertiary/aromatic N) is 3. The second kappa shape index (κ2) is 10.0. The highest BCUT2D eigenvalue weighted by molar-refractivity contribution is 5.90. The van der Waals surface area contributed by atoms with Crippen LogP contribution >= 0.6 is 0 Å². The van der Waals surface area contributed by atoms with Gasteiger partial charge >= 0.3 is 0 Å². The van der Waals surface area contributed by atoms with Crippen LogP contribution in [0.5, 0.6) is 0 Å². The molecule has 5 heteroatoms. The number of hydrogen-bond acceptors (Lipinski definition) is 4. The van der Waals surface area contributed by atoms with Gasteiger partial charge in [0.15, 0.2) is 0 Å². The van der Waals surface area contributed by atoms with E-state index in [1.165, 1.54) is 5.56 Å². The summed E-state index contributed by atoms with van der Waals surface area (Å²) in [4.78, 5) is 22.9. The first kappa shape index (κ1) is 22.7. The summed E-state index contributed by atoms with van der Waals surface area (Å²) in [5, 5.41) is 2.22. The predicted octanol–water partition coefficient (Wildman–Crippen LogP) is 5.17. The maximum atomic E-state index is 13.7. The molecule has 0 radical (unpaired) electrons. The van der Waals surface area contributed by atoms with E-state index in [-0.39, 0.29) is 11.6 Å². The van der Waals surface area contributed by atoms with Crippen LogP contribution in [0.1, 0.15) is 17.8 Å². The van der Waals surface area contributed by atoms with E-state index in [4.69, 9.17) is 10.7 Å². The highest BCUT2D eigenvalue weighted by atomic mass is 16.1. The molecule has 35 heavy (non-hydrogen) atoms. The standard InChI is InChI=1S/C30H28N4O/c1-34-27(14-13-26(31)19-21-7-3-2-4-8-21)33-29(23-15-17-32-18-16-23)28(30(34)35)25-12-11-22-9-5-6-10-24(22)20-25/h2-12,15-18,20,26H,13-14,19,31H2,1H3/t26-/m1/s1. The zero-order valence-electron chi connectivity index (χ0n) is 19.8. The molecule has 5 aromatic rings. The molecule has 3 aromatic carbocycles. The van der Waals surface area contributed by atoms with Gasteiger partial charge < -0.3 is 5.73 Å². The summed E-state index contributed by atoms with van der Waals surface area (Å²) in [6, 6.07) is 28.3. The van der Waals surface area contributed by atoms with E-state index in [1.807, 2.05) is 48.5 Å². The van der Waals surface area contributed by atoms with Gasteiger partial charge in [-0.1, -0.05) is 66.7 Å². The fourth-order valence-corrected chi connectivity index (χ4v) is 4.53. The highest BCUT2D eigenvalue weighted by Crippen LogP contribution is 2.30. The summed E-state index contributed by atoms with van der Waals surface area (Å²) in [5.74, 6) is 0.731. The Balaban J connectivity index is 1.54. The number of hydrogen-bond donors (Lipinski definition) is 1. The van der Waals surface area contributed by atoms with Gasteiger partial charge in [-0.25, -0.2) is 4.98 Å². The molecule has 0 unspecified atom stereocenters. The van der Waals surface area contributed by atoms with E-state index < -0.39 is 0 Å². The number of pyridine rings is 1. The van der Waals surface area contributed by atoms with Crippen molar-refractivity contribution in [2.75, 3.05) is 0 Å². The lowest BCUT2D eigenvalue weighted by molar-refractivity contribution is 0.581. The molecule has 5 rings (SSSR count). The average molecular weight is 461 g/mol. The molecule has 0 spiro atoms. The summed E-state index contributed by atoms with van der Waals surface area (Å²) in [7, 11) is 1.80. The van der Waals surface area contributed by atoms with E-state index in [0.717, 1.165) is 40.6 Å². The Bertz CT molecular complexity index is 1510. The van der Waals surface area contributed by atoms with Gasteiger partial charge in [0, 0.05) is 37.5 Å². The molecule has 1 atom stereocenters. The lowest BCUT2D eigenvalue weighted by atomic mass is 9.97. The summed E-state index contributed by atoms with van der Waals surface area (Å²) < 4.78 is 1.67. The number of aromatic nitrogens is 3. The van der Waals surface area contributed by atoms with Crippen LogP contribution in [-0.4, -0.2) is 20.6 Å². The minimum absolute atomic E-state index is 0.0150. The van der Waals surface area contributed by atoms with Gasteiger partial charge in [0.05, 0.1) is 11.3 Å². The molecule has 0 aliphatic carbocycles. The van der Waals surface area contributed by atoms with Crippen LogP contribution in [0, 0.1) is 0 Å². The molecule has 0 aliphatic heterocycles. The molecule has 0 bridgehead atoms. The number of benzene rings is 3. The SMILES string of the molecule is Cn1c(CC[C@@H](N)Cc2ccccc2)nc(-c2ccncc2)c(-c2ccc3ccccc3c2)c1=O. The van der Waals surface area contributed by atoms with Crippen LogP contribution in [0.25, 0.3) is 33.2 Å². The maximum Gasteiger partial charge on any atom is 0.261 e. The molecular formula is C30H28N4O. The van der Waals surface area contributed by atoms with Gasteiger partial charge in [0.1, 0.15) is 5.82 Å². The normalized spacial score (nSPS) is 12.1. The van der Waals surface area contributed by atoms with Crippen LogP contribution in [-0.2, 0) is 19.9 Å². The summed E-state index contributed by atoms with van der Waals surface area (Å²) in [6.07, 6.45) is 5.61. The van der Waals surface area contributed by atoms with Crippen LogP contribution in [0.15, 0.2) is 102 Å². The number of fused-ring (bicyclic) bond motifs is 1. The Morgan fingerprint density at radius 3 is 2.34 bits per heavy atom. The van der Waals surface area contributed by atoms with Crippen molar-refractivity contribution < 1.29 is 0 Å². The first-order chi connectivity index (χ1) is 17.1. The molecule has 0 amide bonds. The molecule has 0 saturated carbocycles. The van der Waals surface area contributed by atoms with Gasteiger partial charge in [0.2, 0.25) is 0 Å². The summed E-state index contributed by atoms with van der Waals surface area (Å²) in [6.45, 7) is 0. The Labute approximate surface area is 204 Å². The highest BCUT2D eigenvalue weighted by Gasteiger charge is 2.19. The van der Waals surface area contributed by atoms with Crippen molar-refractivity contribution in [2.24, 2.45) is 12.8 Å². The van der Waals surface area contributed by atoms with Crippen molar-refractivity contribution in [3.05, 3.63) is 119 Å². The molecule has 0 fully saturated rings. The van der Waals surface area contributed by atoms with Gasteiger partial charge in [0.25, 0.3) is 5.56 Å². The van der Waals surface area contributed by atoms with Crippen molar-refractivity contribution in [3.63, 3.8) is 0 Å². The van der Waals surface area contributed by atoms with E-state index >= 15 is 0 Å². The Kier molecular flexibility index (Phi) is 6.51. The molecular weight excluding hydrogens is 432 g/mol. The monoisotopic (exact) mass is 460 g/mol. The predicted molar refractivity (Wildman–Crippen MR) is 142 cm³/mol. The Morgan fingerprint density at radius 2 is 1.57 bits per heavy atom. The lowest BCUT2D eigenvalue weighted by Gasteiger charge is -2.17. The van der Waals surface area contributed by atoms with Gasteiger partial charge in [-0.2, -0.15) is 0 Å². The average Bonchev–Trinajstić information content (AvgIpc) is 2.90. The third-order valence-corrected chi connectivity index (χ3v) is 6.45. The minimum atomic E-state index is -0.0614. The third kappa shape index (κ3) is 4.91. The molecule has 5 nitrogen and oxygen atoms in total. The van der Waals surface area contributed by atoms with E-state index in [9.17, 15) is 4.79 Å². The Morgan fingerprint density at radius 1 is 0.857 bits per heavy atom. The lowest BCUT2D eigenvalue weighted by Crippen LogP contribution is -2.28. The zero-order valence-corrected chi connectivity index (χ0v) is 19.8. The van der Waals surface area contributed by atoms with Crippen LogP contribution in [0.3, 0.4) is 0 Å². The maximum absolute atomic E-state index is 13.7. The molecule has 174 valence electrons. The van der Waals surface area contributed by atoms with Crippen molar-refractivity contribution in [1.82, 2.24) is 14.5 Å². The van der Waals surface area contributed by atoms with Crippen LogP contribution in [0.4, 0.5) is 0 Å². The smallest absolute Gasteiger partial charge is 0.261 e. The van der Waals surface area contributed by atoms with Crippen molar-refractivity contribution in [2.45, 2.75) is 25.3 Å². The Hall–Kier alpha value is -4.09. The first-order valence-electron chi connectivity index (χ1n) is 11.9. The minimum Gasteiger partial charge on any atom is -0.327 e. The second-order valence-electron chi connectivity index (χ2n) is 8.90. The van der Waals surface area contributed by atoms with Crippen molar-refractivity contribution >= 4 is 10.8 Å². The fourth-order valence-electron chi connectivity index (χ4n) is 4.53. The molecule has 0 saturated heterocycles. The van der Waals surface area contributed by atoms with Crippen molar-refractivity contribution in [3.8, 4) is 22.4 Å². The van der Waals surface area contributed by atoms with E-state index in [0.29, 0.717) is 17.7 Å².